The minimum atomic E-state index is -0.476. The number of ether oxygens (including phenoxy) is 1. The molecule has 2 aromatic heterocycles. The number of fused-ring (bicyclic) bond motifs is 3. The van der Waals surface area contributed by atoms with Crippen molar-refractivity contribution in [3.05, 3.63) is 62.8 Å². The molecule has 3 aromatic rings. The number of carbonyl (C=O) groups excluding carboxylic acids is 1. The van der Waals surface area contributed by atoms with Crippen LogP contribution in [0.2, 0.25) is 0 Å². The fourth-order valence-electron chi connectivity index (χ4n) is 3.11. The number of carbonyl (C=O) groups is 1. The van der Waals surface area contributed by atoms with E-state index in [1.807, 2.05) is 0 Å². The minimum Gasteiger partial charge on any atom is -0.459 e. The van der Waals surface area contributed by atoms with Gasteiger partial charge < -0.3 is 4.74 Å². The number of halogens is 1. The molecule has 140 valence electrons. The lowest BCUT2D eigenvalue weighted by Gasteiger charge is -2.10. The third-order valence-corrected chi connectivity index (χ3v) is 6.54. The number of thiazole rings is 1. The van der Waals surface area contributed by atoms with E-state index in [-0.39, 0.29) is 23.7 Å². The summed E-state index contributed by atoms with van der Waals surface area (Å²) in [4.78, 5) is 31.2. The third kappa shape index (κ3) is 3.91. The highest BCUT2D eigenvalue weighted by atomic mass is 32.2. The van der Waals surface area contributed by atoms with E-state index in [9.17, 15) is 14.0 Å². The predicted octanol–water partition coefficient (Wildman–Crippen LogP) is 3.61. The van der Waals surface area contributed by atoms with Gasteiger partial charge in [0.15, 0.2) is 4.96 Å². The molecule has 0 saturated carbocycles. The summed E-state index contributed by atoms with van der Waals surface area (Å²) in [6, 6.07) is 7.69. The van der Waals surface area contributed by atoms with Crippen LogP contribution in [0.15, 0.2) is 40.0 Å². The Morgan fingerprint density at radius 2 is 2.11 bits per heavy atom. The maximum absolute atomic E-state index is 13.6. The normalized spacial score (nSPS) is 13.5. The van der Waals surface area contributed by atoms with Gasteiger partial charge in [-0.3, -0.25) is 14.0 Å². The molecular weight excluding hydrogens is 387 g/mol. The fraction of sp³-hybridized carbons (Fsp3) is 0.316. The highest BCUT2D eigenvalue weighted by Crippen LogP contribution is 2.28. The second-order valence-corrected chi connectivity index (χ2v) is 8.34. The number of hydrogen-bond donors (Lipinski definition) is 0. The molecule has 1 aliphatic carbocycles. The number of aromatic nitrogens is 2. The zero-order valence-electron chi connectivity index (χ0n) is 14.4. The van der Waals surface area contributed by atoms with E-state index >= 15 is 0 Å². The van der Waals surface area contributed by atoms with Crippen molar-refractivity contribution in [3.63, 3.8) is 0 Å². The second-order valence-electron chi connectivity index (χ2n) is 6.26. The van der Waals surface area contributed by atoms with Crippen LogP contribution in [0.1, 0.15) is 29.1 Å². The molecule has 0 saturated heterocycles. The lowest BCUT2D eigenvalue weighted by molar-refractivity contribution is -0.141. The number of aryl methyl sites for hydroxylation is 2. The summed E-state index contributed by atoms with van der Waals surface area (Å²) in [6.07, 6.45) is 4.11. The fourth-order valence-corrected chi connectivity index (χ4v) is 5.08. The van der Waals surface area contributed by atoms with Crippen molar-refractivity contribution in [2.75, 3.05) is 5.75 Å². The monoisotopic (exact) mass is 404 g/mol. The molecule has 0 atom stereocenters. The first-order chi connectivity index (χ1) is 13.1. The van der Waals surface area contributed by atoms with Gasteiger partial charge in [0, 0.05) is 21.5 Å². The molecule has 0 amide bonds. The Morgan fingerprint density at radius 1 is 1.30 bits per heavy atom. The van der Waals surface area contributed by atoms with Crippen LogP contribution in [-0.4, -0.2) is 21.1 Å². The Bertz CT molecular complexity index is 1060. The van der Waals surface area contributed by atoms with Crippen molar-refractivity contribution in [1.82, 2.24) is 9.38 Å². The summed E-state index contributed by atoms with van der Waals surface area (Å²) in [5, 5.41) is 0. The second kappa shape index (κ2) is 7.82. The highest BCUT2D eigenvalue weighted by Gasteiger charge is 2.18. The van der Waals surface area contributed by atoms with Gasteiger partial charge in [-0.2, -0.15) is 0 Å². The molecule has 0 aliphatic heterocycles. The Kier molecular flexibility index (Phi) is 5.27. The average molecular weight is 404 g/mol. The Hall–Kier alpha value is -2.19. The standard InChI is InChI=1S/C19H17FN2O3S2/c20-13-5-1-3-7-15(13)26-11-18(24)25-10-12-9-17(23)22-14-6-2-4-8-16(14)27-19(22)21-12/h1,3,5,7,9H,2,4,6,8,10-11H2. The lowest BCUT2D eigenvalue weighted by Crippen LogP contribution is -2.19. The number of nitrogens with zero attached hydrogens (tertiary/aromatic N) is 2. The van der Waals surface area contributed by atoms with Crippen LogP contribution in [0.3, 0.4) is 0 Å². The summed E-state index contributed by atoms with van der Waals surface area (Å²) in [5.74, 6) is -0.844. The van der Waals surface area contributed by atoms with Gasteiger partial charge in [0.1, 0.15) is 12.4 Å². The smallest absolute Gasteiger partial charge is 0.316 e. The maximum atomic E-state index is 13.6. The quantitative estimate of drug-likeness (QED) is 0.480. The summed E-state index contributed by atoms with van der Waals surface area (Å²) < 4.78 is 20.4. The zero-order chi connectivity index (χ0) is 18.8. The van der Waals surface area contributed by atoms with E-state index in [1.165, 1.54) is 28.3 Å². The van der Waals surface area contributed by atoms with Crippen molar-refractivity contribution in [2.45, 2.75) is 37.2 Å². The molecular formula is C19H17FN2O3S2. The Morgan fingerprint density at radius 3 is 2.96 bits per heavy atom. The van der Waals surface area contributed by atoms with Crippen LogP contribution in [-0.2, 0) is 29.0 Å². The largest absolute Gasteiger partial charge is 0.459 e. The van der Waals surface area contributed by atoms with E-state index < -0.39 is 5.97 Å². The molecule has 5 nitrogen and oxygen atoms in total. The average Bonchev–Trinajstić information content (AvgIpc) is 3.04. The first kappa shape index (κ1) is 18.2. The van der Waals surface area contributed by atoms with Crippen molar-refractivity contribution in [1.29, 1.82) is 0 Å². The molecule has 1 aliphatic rings. The highest BCUT2D eigenvalue weighted by molar-refractivity contribution is 8.00. The SMILES string of the molecule is O=C(CSc1ccccc1F)OCc1cc(=O)n2c3c(sc2n1)CCCC3. The first-order valence-corrected chi connectivity index (χ1v) is 10.5. The zero-order valence-corrected chi connectivity index (χ0v) is 16.1. The van der Waals surface area contributed by atoms with Crippen molar-refractivity contribution >= 4 is 34.0 Å². The summed E-state index contributed by atoms with van der Waals surface area (Å²) in [6.45, 7) is -0.0645. The van der Waals surface area contributed by atoms with E-state index in [0.717, 1.165) is 43.1 Å². The van der Waals surface area contributed by atoms with Crippen molar-refractivity contribution < 1.29 is 13.9 Å². The molecule has 0 radical (unpaired) electrons. The van der Waals surface area contributed by atoms with Gasteiger partial charge in [0.25, 0.3) is 5.56 Å². The molecule has 0 N–H and O–H groups in total. The Labute approximate surface area is 163 Å². The maximum Gasteiger partial charge on any atom is 0.316 e. The molecule has 2 heterocycles. The van der Waals surface area contributed by atoms with Gasteiger partial charge in [0.2, 0.25) is 0 Å². The predicted molar refractivity (Wildman–Crippen MR) is 103 cm³/mol. The molecule has 0 spiro atoms. The minimum absolute atomic E-state index is 0.00451. The van der Waals surface area contributed by atoms with Crippen LogP contribution in [0.25, 0.3) is 4.96 Å². The molecule has 4 rings (SSSR count). The van der Waals surface area contributed by atoms with Crippen LogP contribution in [0, 0.1) is 5.82 Å². The summed E-state index contributed by atoms with van der Waals surface area (Å²) in [5.41, 5.74) is 1.37. The van der Waals surface area contributed by atoms with E-state index in [4.69, 9.17) is 4.74 Å². The summed E-state index contributed by atoms with van der Waals surface area (Å²) in [7, 11) is 0. The molecule has 8 heteroatoms. The molecule has 0 fully saturated rings. The third-order valence-electron chi connectivity index (χ3n) is 4.38. The van der Waals surface area contributed by atoms with Crippen molar-refractivity contribution in [2.24, 2.45) is 0 Å². The molecule has 0 bridgehead atoms. The van der Waals surface area contributed by atoms with E-state index in [0.29, 0.717) is 15.6 Å². The van der Waals surface area contributed by atoms with Gasteiger partial charge in [-0.15, -0.1) is 23.1 Å². The van der Waals surface area contributed by atoms with Gasteiger partial charge >= 0.3 is 5.97 Å². The number of esters is 1. The van der Waals surface area contributed by atoms with Crippen LogP contribution >= 0.6 is 23.1 Å². The van der Waals surface area contributed by atoms with Crippen LogP contribution in [0.4, 0.5) is 4.39 Å². The number of thioether (sulfide) groups is 1. The van der Waals surface area contributed by atoms with Crippen LogP contribution < -0.4 is 5.56 Å². The molecule has 1 aromatic carbocycles. The van der Waals surface area contributed by atoms with E-state index in [1.54, 1.807) is 22.6 Å². The Balaban J connectivity index is 1.42. The lowest BCUT2D eigenvalue weighted by atomic mass is 10.0. The van der Waals surface area contributed by atoms with Gasteiger partial charge in [-0.25, -0.2) is 9.37 Å². The summed E-state index contributed by atoms with van der Waals surface area (Å²) >= 11 is 2.62. The molecule has 0 unspecified atom stereocenters. The topological polar surface area (TPSA) is 60.7 Å². The first-order valence-electron chi connectivity index (χ1n) is 8.68. The number of hydrogen-bond acceptors (Lipinski definition) is 6. The van der Waals surface area contributed by atoms with Crippen LogP contribution in [0.5, 0.6) is 0 Å². The molecule has 27 heavy (non-hydrogen) atoms. The number of rotatable bonds is 5. The van der Waals surface area contributed by atoms with Gasteiger partial charge in [-0.05, 0) is 37.8 Å². The van der Waals surface area contributed by atoms with E-state index in [2.05, 4.69) is 4.98 Å². The number of benzene rings is 1. The van der Waals surface area contributed by atoms with Gasteiger partial charge in [-0.1, -0.05) is 12.1 Å². The van der Waals surface area contributed by atoms with Gasteiger partial charge in [0.05, 0.1) is 11.4 Å². The van der Waals surface area contributed by atoms with Crippen molar-refractivity contribution in [3.8, 4) is 0 Å².